The van der Waals surface area contributed by atoms with E-state index in [4.69, 9.17) is 21.1 Å². The fourth-order valence-corrected chi connectivity index (χ4v) is 6.03. The molecule has 1 atom stereocenters. The lowest BCUT2D eigenvalue weighted by atomic mass is 10.0. The number of halogens is 1. The van der Waals surface area contributed by atoms with Crippen molar-refractivity contribution in [2.45, 2.75) is 45.7 Å². The van der Waals surface area contributed by atoms with Crippen LogP contribution in [-0.4, -0.2) is 63.2 Å². The second-order valence-corrected chi connectivity index (χ2v) is 12.8. The maximum absolute atomic E-state index is 14.3. The number of carbonyl (C=O) groups is 2. The molecule has 1 N–H and O–H groups in total. The number of anilines is 1. The SMILES string of the molecule is CCCCNC(=O)C(Cc1ccccc1)N(Cc1ccccc1Cl)C(=O)CN(c1ccc2c(c1)OCCO2)S(=O)(=O)CC. The first-order valence-corrected chi connectivity index (χ1v) is 16.5. The van der Waals surface area contributed by atoms with Crippen molar-refractivity contribution in [2.75, 3.05) is 36.4 Å². The maximum atomic E-state index is 14.3. The fourth-order valence-electron chi connectivity index (χ4n) is 4.78. The summed E-state index contributed by atoms with van der Waals surface area (Å²) in [6.07, 6.45) is 1.92. The Morgan fingerprint density at radius 2 is 1.65 bits per heavy atom. The number of fused-ring (bicyclic) bond motifs is 1. The van der Waals surface area contributed by atoms with Gasteiger partial charge in [-0.2, -0.15) is 0 Å². The number of sulfonamides is 1. The summed E-state index contributed by atoms with van der Waals surface area (Å²) in [5, 5.41) is 3.41. The lowest BCUT2D eigenvalue weighted by Crippen LogP contribution is -2.53. The predicted molar refractivity (Wildman–Crippen MR) is 168 cm³/mol. The Labute approximate surface area is 258 Å². The molecular formula is C32H38ClN3O6S. The molecule has 0 spiro atoms. The smallest absolute Gasteiger partial charge is 0.244 e. The van der Waals surface area contributed by atoms with E-state index in [1.165, 1.54) is 11.8 Å². The van der Waals surface area contributed by atoms with Crippen LogP contribution < -0.4 is 19.1 Å². The van der Waals surface area contributed by atoms with E-state index in [0.29, 0.717) is 41.8 Å². The molecule has 0 bridgehead atoms. The Hall–Kier alpha value is -3.76. The van der Waals surface area contributed by atoms with Gasteiger partial charge in [0, 0.05) is 30.6 Å². The second-order valence-electron chi connectivity index (χ2n) is 10.2. The third kappa shape index (κ3) is 8.42. The average molecular weight is 628 g/mol. The van der Waals surface area contributed by atoms with Crippen LogP contribution in [0.1, 0.15) is 37.8 Å². The molecule has 43 heavy (non-hydrogen) atoms. The van der Waals surface area contributed by atoms with Crippen LogP contribution in [0.4, 0.5) is 5.69 Å². The Morgan fingerprint density at radius 3 is 2.35 bits per heavy atom. The number of nitrogens with one attached hydrogen (secondary N) is 1. The number of hydrogen-bond donors (Lipinski definition) is 1. The largest absolute Gasteiger partial charge is 0.486 e. The van der Waals surface area contributed by atoms with E-state index in [1.807, 2.05) is 37.3 Å². The quantitative estimate of drug-likeness (QED) is 0.257. The minimum Gasteiger partial charge on any atom is -0.486 e. The Kier molecular flexibility index (Phi) is 11.3. The van der Waals surface area contributed by atoms with Crippen LogP contribution in [0.3, 0.4) is 0 Å². The Morgan fingerprint density at radius 1 is 0.953 bits per heavy atom. The zero-order valence-corrected chi connectivity index (χ0v) is 26.1. The standard InChI is InChI=1S/C32H38ClN3O6S/c1-3-5-17-34-32(38)28(20-24-11-7-6-8-12-24)35(22-25-13-9-10-14-27(25)33)31(37)23-36(43(39,40)4-2)26-15-16-29-30(21-26)42-19-18-41-29/h6-16,21,28H,3-5,17-20,22-23H2,1-2H3,(H,34,38). The van der Waals surface area contributed by atoms with Crippen LogP contribution in [-0.2, 0) is 32.6 Å². The number of carbonyl (C=O) groups excluding carboxylic acids is 2. The van der Waals surface area contributed by atoms with Crippen molar-refractivity contribution in [2.24, 2.45) is 0 Å². The van der Waals surface area contributed by atoms with Crippen LogP contribution >= 0.6 is 11.6 Å². The molecule has 0 aromatic heterocycles. The second kappa shape index (κ2) is 15.1. The molecule has 0 fully saturated rings. The highest BCUT2D eigenvalue weighted by atomic mass is 35.5. The van der Waals surface area contributed by atoms with Gasteiger partial charge in [-0.1, -0.05) is 73.5 Å². The van der Waals surface area contributed by atoms with Crippen molar-refractivity contribution < 1.29 is 27.5 Å². The van der Waals surface area contributed by atoms with Crippen LogP contribution in [0, 0.1) is 0 Å². The summed E-state index contributed by atoms with van der Waals surface area (Å²) in [5.74, 6) is -0.190. The maximum Gasteiger partial charge on any atom is 0.244 e. The molecule has 4 rings (SSSR count). The fraction of sp³-hybridized carbons (Fsp3) is 0.375. The highest BCUT2D eigenvalue weighted by Crippen LogP contribution is 2.35. The molecule has 0 saturated carbocycles. The van der Waals surface area contributed by atoms with Gasteiger partial charge in [-0.05, 0) is 42.7 Å². The number of ether oxygens (including phenoxy) is 2. The van der Waals surface area contributed by atoms with E-state index in [2.05, 4.69) is 5.32 Å². The van der Waals surface area contributed by atoms with Crippen LogP contribution in [0.2, 0.25) is 5.02 Å². The van der Waals surface area contributed by atoms with E-state index in [1.54, 1.807) is 42.5 Å². The highest BCUT2D eigenvalue weighted by Gasteiger charge is 2.34. The molecule has 3 aromatic rings. The lowest BCUT2D eigenvalue weighted by molar-refractivity contribution is -0.140. The first kappa shape index (κ1) is 32.2. The molecule has 2 amide bonds. The van der Waals surface area contributed by atoms with E-state index in [9.17, 15) is 18.0 Å². The van der Waals surface area contributed by atoms with Gasteiger partial charge >= 0.3 is 0 Å². The predicted octanol–water partition coefficient (Wildman–Crippen LogP) is 4.82. The summed E-state index contributed by atoms with van der Waals surface area (Å²) in [6, 6.07) is 20.4. The molecule has 0 aliphatic carbocycles. The first-order valence-electron chi connectivity index (χ1n) is 14.5. The van der Waals surface area contributed by atoms with Crippen molar-refractivity contribution in [1.82, 2.24) is 10.2 Å². The van der Waals surface area contributed by atoms with Crippen LogP contribution in [0.25, 0.3) is 0 Å². The molecule has 0 radical (unpaired) electrons. The molecular weight excluding hydrogens is 590 g/mol. The first-order chi connectivity index (χ1) is 20.7. The van der Waals surface area contributed by atoms with Gasteiger partial charge in [0.2, 0.25) is 21.8 Å². The average Bonchev–Trinajstić information content (AvgIpc) is 3.02. The van der Waals surface area contributed by atoms with Gasteiger partial charge in [-0.25, -0.2) is 8.42 Å². The van der Waals surface area contributed by atoms with Gasteiger partial charge in [0.25, 0.3) is 0 Å². The molecule has 3 aromatic carbocycles. The van der Waals surface area contributed by atoms with E-state index in [0.717, 1.165) is 22.7 Å². The lowest BCUT2D eigenvalue weighted by Gasteiger charge is -2.34. The van der Waals surface area contributed by atoms with Crippen LogP contribution in [0.15, 0.2) is 72.8 Å². The number of rotatable bonds is 14. The summed E-state index contributed by atoms with van der Waals surface area (Å²) < 4.78 is 39.1. The molecule has 9 nitrogen and oxygen atoms in total. The minimum atomic E-state index is -3.91. The van der Waals surface area contributed by atoms with Crippen molar-refractivity contribution in [1.29, 1.82) is 0 Å². The van der Waals surface area contributed by atoms with Gasteiger partial charge in [-0.3, -0.25) is 13.9 Å². The van der Waals surface area contributed by atoms with Gasteiger partial charge in [-0.15, -0.1) is 0 Å². The van der Waals surface area contributed by atoms with E-state index in [-0.39, 0.29) is 30.3 Å². The normalized spacial score (nSPS) is 13.2. The number of nitrogens with zero attached hydrogens (tertiary/aromatic N) is 2. The Bertz CT molecular complexity index is 1500. The molecule has 1 heterocycles. The van der Waals surface area contributed by atoms with Crippen molar-refractivity contribution in [3.63, 3.8) is 0 Å². The van der Waals surface area contributed by atoms with Gasteiger partial charge < -0.3 is 19.7 Å². The van der Waals surface area contributed by atoms with Crippen molar-refractivity contribution in [3.05, 3.63) is 88.9 Å². The molecule has 0 saturated heterocycles. The Balaban J connectivity index is 1.74. The minimum absolute atomic E-state index is 0.0123. The van der Waals surface area contributed by atoms with Gasteiger partial charge in [0.15, 0.2) is 11.5 Å². The summed E-state index contributed by atoms with van der Waals surface area (Å²) in [5.41, 5.74) is 1.77. The zero-order chi connectivity index (χ0) is 30.8. The zero-order valence-electron chi connectivity index (χ0n) is 24.5. The summed E-state index contributed by atoms with van der Waals surface area (Å²) in [4.78, 5) is 29.4. The monoisotopic (exact) mass is 627 g/mol. The topological polar surface area (TPSA) is 105 Å². The molecule has 11 heteroatoms. The number of amides is 2. The van der Waals surface area contributed by atoms with Crippen molar-refractivity contribution >= 4 is 39.1 Å². The highest BCUT2D eigenvalue weighted by molar-refractivity contribution is 7.92. The summed E-state index contributed by atoms with van der Waals surface area (Å²) >= 11 is 6.51. The summed E-state index contributed by atoms with van der Waals surface area (Å²) in [7, 11) is -3.91. The number of benzene rings is 3. The van der Waals surface area contributed by atoms with Crippen LogP contribution in [0.5, 0.6) is 11.5 Å². The number of unbranched alkanes of at least 4 members (excludes halogenated alkanes) is 1. The third-order valence-electron chi connectivity index (χ3n) is 7.19. The molecule has 230 valence electrons. The van der Waals surface area contributed by atoms with E-state index < -0.39 is 28.5 Å². The van der Waals surface area contributed by atoms with E-state index >= 15 is 0 Å². The van der Waals surface area contributed by atoms with Gasteiger partial charge in [0.1, 0.15) is 25.8 Å². The third-order valence-corrected chi connectivity index (χ3v) is 9.30. The van der Waals surface area contributed by atoms with Crippen molar-refractivity contribution in [3.8, 4) is 11.5 Å². The molecule has 1 unspecified atom stereocenters. The summed E-state index contributed by atoms with van der Waals surface area (Å²) in [6.45, 7) is 4.22. The molecule has 1 aliphatic heterocycles. The van der Waals surface area contributed by atoms with Gasteiger partial charge in [0.05, 0.1) is 11.4 Å². The molecule has 1 aliphatic rings. The number of hydrogen-bond acceptors (Lipinski definition) is 6.